The van der Waals surface area contributed by atoms with Crippen LogP contribution in [0.15, 0.2) is 70.1 Å². The van der Waals surface area contributed by atoms with E-state index in [1.54, 1.807) is 6.21 Å². The Morgan fingerprint density at radius 2 is 1.81 bits per heavy atom. The summed E-state index contributed by atoms with van der Waals surface area (Å²) >= 11 is 15.8. The van der Waals surface area contributed by atoms with Gasteiger partial charge in [0.1, 0.15) is 12.4 Å². The molecule has 3 aromatic rings. The van der Waals surface area contributed by atoms with Gasteiger partial charge in [-0.05, 0) is 70.4 Å². The Balaban J connectivity index is 1.70. The summed E-state index contributed by atoms with van der Waals surface area (Å²) in [5, 5.41) is 1.41. The number of hydrogen-bond acceptors (Lipinski definition) is 2. The summed E-state index contributed by atoms with van der Waals surface area (Å²) in [4.78, 5) is 4.47. The Morgan fingerprint density at radius 3 is 2.54 bits per heavy atom. The minimum Gasteiger partial charge on any atom is -0.488 e. The first kappa shape index (κ1) is 19.0. The molecule has 2 nitrogen and oxygen atoms in total. The van der Waals surface area contributed by atoms with Gasteiger partial charge in [-0.2, -0.15) is 0 Å². The highest BCUT2D eigenvalue weighted by molar-refractivity contribution is 9.10. The molecule has 132 valence electrons. The molecule has 0 saturated carbocycles. The second-order valence-corrected chi connectivity index (χ2v) is 7.43. The molecule has 3 rings (SSSR count). The molecule has 0 radical (unpaired) electrons. The van der Waals surface area contributed by atoms with Crippen molar-refractivity contribution < 1.29 is 4.74 Å². The highest BCUT2D eigenvalue weighted by Crippen LogP contribution is 2.28. The van der Waals surface area contributed by atoms with Crippen molar-refractivity contribution in [3.8, 4) is 5.75 Å². The highest BCUT2D eigenvalue weighted by Gasteiger charge is 2.05. The van der Waals surface area contributed by atoms with Gasteiger partial charge < -0.3 is 4.74 Å². The Kier molecular flexibility index (Phi) is 6.36. The molecule has 0 N–H and O–H groups in total. The zero-order chi connectivity index (χ0) is 18.5. The van der Waals surface area contributed by atoms with Crippen LogP contribution in [-0.2, 0) is 6.61 Å². The minimum atomic E-state index is 0.410. The van der Waals surface area contributed by atoms with E-state index >= 15 is 0 Å². The molecule has 0 fully saturated rings. The lowest BCUT2D eigenvalue weighted by atomic mass is 10.2. The summed E-state index contributed by atoms with van der Waals surface area (Å²) in [6.07, 6.45) is 1.80. The maximum Gasteiger partial charge on any atom is 0.134 e. The van der Waals surface area contributed by atoms with Crippen molar-refractivity contribution in [1.29, 1.82) is 0 Å². The van der Waals surface area contributed by atoms with Crippen LogP contribution in [0.4, 0.5) is 5.69 Å². The van der Waals surface area contributed by atoms with Crippen LogP contribution < -0.4 is 4.74 Å². The first-order chi connectivity index (χ1) is 12.5. The van der Waals surface area contributed by atoms with Crippen LogP contribution in [0, 0.1) is 6.92 Å². The Hall–Kier alpha value is -1.81. The second-order valence-electron chi connectivity index (χ2n) is 5.76. The third kappa shape index (κ3) is 4.88. The maximum absolute atomic E-state index is 6.16. The van der Waals surface area contributed by atoms with Crippen LogP contribution in [-0.4, -0.2) is 6.21 Å². The minimum absolute atomic E-state index is 0.410. The van der Waals surface area contributed by atoms with E-state index in [4.69, 9.17) is 27.9 Å². The summed E-state index contributed by atoms with van der Waals surface area (Å²) in [5.74, 6) is 0.750. The number of aliphatic imine (C=N–C) groups is 1. The first-order valence-electron chi connectivity index (χ1n) is 7.99. The van der Waals surface area contributed by atoms with Gasteiger partial charge in [0.2, 0.25) is 0 Å². The number of ether oxygens (including phenoxy) is 1. The fourth-order valence-electron chi connectivity index (χ4n) is 2.30. The van der Waals surface area contributed by atoms with E-state index in [9.17, 15) is 0 Å². The molecule has 0 aliphatic rings. The van der Waals surface area contributed by atoms with E-state index in [-0.39, 0.29) is 0 Å². The normalized spacial score (nSPS) is 11.1. The second kappa shape index (κ2) is 8.72. The zero-order valence-electron chi connectivity index (χ0n) is 14.0. The molecule has 0 aromatic heterocycles. The van der Waals surface area contributed by atoms with Gasteiger partial charge in [0.25, 0.3) is 0 Å². The molecular weight excluding hydrogens is 433 g/mol. The van der Waals surface area contributed by atoms with E-state index < -0.39 is 0 Å². The fraction of sp³-hybridized carbons (Fsp3) is 0.0952. The molecule has 0 heterocycles. The van der Waals surface area contributed by atoms with Gasteiger partial charge in [-0.25, -0.2) is 0 Å². The summed E-state index contributed by atoms with van der Waals surface area (Å²) in [7, 11) is 0. The SMILES string of the molecule is Cc1ccc(N=Cc2ccc(OCc3ccccc3Cl)c(Br)c2)cc1Cl. The van der Waals surface area contributed by atoms with E-state index in [1.165, 1.54) is 0 Å². The Morgan fingerprint density at radius 1 is 1.00 bits per heavy atom. The molecule has 0 atom stereocenters. The van der Waals surface area contributed by atoms with Crippen LogP contribution in [0.25, 0.3) is 0 Å². The molecule has 5 heteroatoms. The molecule has 0 spiro atoms. The quantitative estimate of drug-likeness (QED) is 0.372. The molecule has 0 saturated heterocycles. The highest BCUT2D eigenvalue weighted by atomic mass is 79.9. The monoisotopic (exact) mass is 447 g/mol. The molecule has 0 bridgehead atoms. The molecule has 0 unspecified atom stereocenters. The van der Waals surface area contributed by atoms with Crippen LogP contribution in [0.1, 0.15) is 16.7 Å². The molecule has 0 aliphatic heterocycles. The first-order valence-corrected chi connectivity index (χ1v) is 9.54. The predicted molar refractivity (Wildman–Crippen MR) is 113 cm³/mol. The van der Waals surface area contributed by atoms with Gasteiger partial charge in [-0.3, -0.25) is 4.99 Å². The van der Waals surface area contributed by atoms with Gasteiger partial charge >= 0.3 is 0 Å². The van der Waals surface area contributed by atoms with Crippen molar-refractivity contribution in [2.24, 2.45) is 4.99 Å². The molecule has 3 aromatic carbocycles. The lowest BCUT2D eigenvalue weighted by Gasteiger charge is -2.10. The number of halogens is 3. The third-order valence-electron chi connectivity index (χ3n) is 3.82. The summed E-state index contributed by atoms with van der Waals surface area (Å²) in [6.45, 7) is 2.38. The summed E-state index contributed by atoms with van der Waals surface area (Å²) < 4.78 is 6.71. The van der Waals surface area contributed by atoms with Gasteiger partial charge in [0, 0.05) is 21.8 Å². The van der Waals surface area contributed by atoms with Crippen LogP contribution >= 0.6 is 39.1 Å². The number of aryl methyl sites for hydroxylation is 1. The molecular formula is C21H16BrCl2NO. The third-order valence-corrected chi connectivity index (χ3v) is 5.21. The van der Waals surface area contributed by atoms with Crippen molar-refractivity contribution in [1.82, 2.24) is 0 Å². The molecule has 0 aliphatic carbocycles. The predicted octanol–water partition coefficient (Wildman–Crippen LogP) is 7.39. The van der Waals surface area contributed by atoms with E-state index in [0.29, 0.717) is 16.7 Å². The lowest BCUT2D eigenvalue weighted by Crippen LogP contribution is -1.97. The molecule has 26 heavy (non-hydrogen) atoms. The van der Waals surface area contributed by atoms with Crippen molar-refractivity contribution in [2.75, 3.05) is 0 Å². The van der Waals surface area contributed by atoms with Gasteiger partial charge in [0.15, 0.2) is 0 Å². The van der Waals surface area contributed by atoms with Crippen molar-refractivity contribution in [2.45, 2.75) is 13.5 Å². The maximum atomic E-state index is 6.16. The van der Waals surface area contributed by atoms with Crippen LogP contribution in [0.5, 0.6) is 5.75 Å². The van der Waals surface area contributed by atoms with Gasteiger partial charge in [-0.1, -0.05) is 47.5 Å². The van der Waals surface area contributed by atoms with Crippen LogP contribution in [0.2, 0.25) is 10.0 Å². The van der Waals surface area contributed by atoms with Crippen molar-refractivity contribution in [3.05, 3.63) is 91.9 Å². The number of hydrogen-bond donors (Lipinski definition) is 0. The summed E-state index contributed by atoms with van der Waals surface area (Å²) in [5.41, 5.74) is 3.76. The topological polar surface area (TPSA) is 21.6 Å². The van der Waals surface area contributed by atoms with E-state index in [0.717, 1.165) is 32.6 Å². The fourth-order valence-corrected chi connectivity index (χ4v) is 3.17. The molecule has 0 amide bonds. The Labute approximate surface area is 171 Å². The standard InChI is InChI=1S/C21H16BrCl2NO/c1-14-6-8-17(11-20(14)24)25-12-15-7-9-21(18(22)10-15)26-13-16-4-2-3-5-19(16)23/h2-12H,13H2,1H3. The number of benzene rings is 3. The van der Waals surface area contributed by atoms with Crippen molar-refractivity contribution >= 4 is 51.0 Å². The smallest absolute Gasteiger partial charge is 0.134 e. The van der Waals surface area contributed by atoms with Gasteiger partial charge in [-0.15, -0.1) is 0 Å². The lowest BCUT2D eigenvalue weighted by molar-refractivity contribution is 0.304. The van der Waals surface area contributed by atoms with Crippen LogP contribution in [0.3, 0.4) is 0 Å². The average molecular weight is 449 g/mol. The Bertz CT molecular complexity index is 956. The number of rotatable bonds is 5. The van der Waals surface area contributed by atoms with E-state index in [1.807, 2.05) is 67.6 Å². The van der Waals surface area contributed by atoms with Gasteiger partial charge in [0.05, 0.1) is 10.2 Å². The average Bonchev–Trinajstić information content (AvgIpc) is 2.63. The zero-order valence-corrected chi connectivity index (χ0v) is 17.1. The number of nitrogens with zero attached hydrogens (tertiary/aromatic N) is 1. The van der Waals surface area contributed by atoms with Crippen molar-refractivity contribution in [3.63, 3.8) is 0 Å². The largest absolute Gasteiger partial charge is 0.488 e. The van der Waals surface area contributed by atoms with E-state index in [2.05, 4.69) is 20.9 Å². The summed E-state index contributed by atoms with van der Waals surface area (Å²) in [6, 6.07) is 19.2.